The van der Waals surface area contributed by atoms with Gasteiger partial charge in [-0.05, 0) is 12.5 Å². The molecule has 0 bridgehead atoms. The number of alkyl halides is 3. The van der Waals surface area contributed by atoms with Crippen LogP contribution in [0.4, 0.5) is 13.2 Å². The van der Waals surface area contributed by atoms with E-state index < -0.39 is 30.8 Å². The van der Waals surface area contributed by atoms with Gasteiger partial charge in [0.25, 0.3) is 0 Å². The number of ether oxygens (including phenoxy) is 1. The molecule has 0 fully saturated rings. The highest BCUT2D eigenvalue weighted by Crippen LogP contribution is 2.28. The Morgan fingerprint density at radius 2 is 1.89 bits per heavy atom. The van der Waals surface area contributed by atoms with Crippen molar-refractivity contribution in [2.24, 2.45) is 5.92 Å². The Labute approximate surface area is 102 Å². The number of carbonyl (C=O) groups is 1. The van der Waals surface area contributed by atoms with E-state index in [1.54, 1.807) is 37.3 Å². The number of halogens is 3. The van der Waals surface area contributed by atoms with Crippen LogP contribution in [-0.4, -0.2) is 23.9 Å². The van der Waals surface area contributed by atoms with Crippen molar-refractivity contribution in [2.45, 2.75) is 19.2 Å². The summed E-state index contributed by atoms with van der Waals surface area (Å²) in [6.45, 7) is 0.680. The molecule has 0 aliphatic heterocycles. The summed E-state index contributed by atoms with van der Waals surface area (Å²) in [5.41, 5.74) is 0.698. The van der Waals surface area contributed by atoms with E-state index in [4.69, 9.17) is 9.84 Å². The van der Waals surface area contributed by atoms with Crippen molar-refractivity contribution in [3.63, 3.8) is 0 Å². The van der Waals surface area contributed by atoms with Crippen molar-refractivity contribution in [1.29, 1.82) is 0 Å². The fourth-order valence-electron chi connectivity index (χ4n) is 1.37. The molecule has 0 aromatic heterocycles. The topological polar surface area (TPSA) is 46.5 Å². The third-order valence-corrected chi connectivity index (χ3v) is 2.48. The molecule has 0 radical (unpaired) electrons. The van der Waals surface area contributed by atoms with Crippen LogP contribution in [0, 0.1) is 5.92 Å². The van der Waals surface area contributed by atoms with Gasteiger partial charge in [0.2, 0.25) is 0 Å². The third kappa shape index (κ3) is 4.03. The lowest BCUT2D eigenvalue weighted by atomic mass is 10.1. The number of hydrogen-bond donors (Lipinski definition) is 1. The molecule has 0 aliphatic carbocycles. The first kappa shape index (κ1) is 14.5. The molecule has 0 amide bonds. The minimum Gasteiger partial charge on any atom is -0.481 e. The molecule has 3 nitrogen and oxygen atoms in total. The van der Waals surface area contributed by atoms with E-state index in [9.17, 15) is 18.0 Å². The molecule has 1 rings (SSSR count). The highest BCUT2D eigenvalue weighted by molar-refractivity contribution is 5.71. The minimum absolute atomic E-state index is 0.588. The number of aliphatic carboxylic acids is 1. The van der Waals surface area contributed by atoms with Crippen LogP contribution >= 0.6 is 0 Å². The summed E-state index contributed by atoms with van der Waals surface area (Å²) in [6, 6.07) is 8.63. The molecule has 0 aliphatic rings. The standard InChI is InChI=1S/C12H13F3O3/c1-8(9-5-3-2-4-6-9)18-7-10(11(16)17)12(13,14)15/h2-6,8,10H,7H2,1H3,(H,16,17). The second-order valence-corrected chi connectivity index (χ2v) is 3.82. The largest absolute Gasteiger partial charge is 0.481 e. The van der Waals surface area contributed by atoms with Crippen LogP contribution in [0.3, 0.4) is 0 Å². The van der Waals surface area contributed by atoms with Gasteiger partial charge in [0.15, 0.2) is 5.92 Å². The summed E-state index contributed by atoms with van der Waals surface area (Å²) in [7, 11) is 0. The summed E-state index contributed by atoms with van der Waals surface area (Å²) in [5, 5.41) is 8.49. The molecular formula is C12H13F3O3. The molecule has 1 N–H and O–H groups in total. The van der Waals surface area contributed by atoms with Crippen molar-refractivity contribution >= 4 is 5.97 Å². The van der Waals surface area contributed by atoms with Gasteiger partial charge in [0.1, 0.15) is 0 Å². The van der Waals surface area contributed by atoms with Gasteiger partial charge in [0.05, 0.1) is 12.7 Å². The molecule has 0 spiro atoms. The van der Waals surface area contributed by atoms with E-state index in [0.717, 1.165) is 0 Å². The summed E-state index contributed by atoms with van der Waals surface area (Å²) >= 11 is 0. The van der Waals surface area contributed by atoms with Crippen molar-refractivity contribution in [1.82, 2.24) is 0 Å². The van der Waals surface area contributed by atoms with E-state index in [-0.39, 0.29) is 0 Å². The first-order valence-electron chi connectivity index (χ1n) is 5.28. The van der Waals surface area contributed by atoms with Crippen LogP contribution in [0.1, 0.15) is 18.6 Å². The highest BCUT2D eigenvalue weighted by Gasteiger charge is 2.45. The molecule has 0 saturated heterocycles. The van der Waals surface area contributed by atoms with Gasteiger partial charge in [-0.1, -0.05) is 30.3 Å². The van der Waals surface area contributed by atoms with Gasteiger partial charge >= 0.3 is 12.1 Å². The first-order valence-corrected chi connectivity index (χ1v) is 5.28. The summed E-state index contributed by atoms with van der Waals surface area (Å²) in [4.78, 5) is 10.5. The maximum atomic E-state index is 12.4. The molecule has 6 heteroatoms. The zero-order chi connectivity index (χ0) is 13.8. The number of carboxylic acids is 1. The number of hydrogen-bond acceptors (Lipinski definition) is 2. The van der Waals surface area contributed by atoms with E-state index in [0.29, 0.717) is 5.56 Å². The number of benzene rings is 1. The average Bonchev–Trinajstić information content (AvgIpc) is 2.28. The second kappa shape index (κ2) is 5.86. The van der Waals surface area contributed by atoms with E-state index >= 15 is 0 Å². The van der Waals surface area contributed by atoms with Crippen molar-refractivity contribution in [3.8, 4) is 0 Å². The Bertz CT molecular complexity index is 389. The Balaban J connectivity index is 2.61. The Morgan fingerprint density at radius 1 is 1.33 bits per heavy atom. The van der Waals surface area contributed by atoms with Gasteiger partial charge in [-0.3, -0.25) is 4.79 Å². The minimum atomic E-state index is -4.80. The number of rotatable bonds is 5. The molecule has 1 aromatic carbocycles. The monoisotopic (exact) mass is 262 g/mol. The van der Waals surface area contributed by atoms with Gasteiger partial charge in [0, 0.05) is 0 Å². The normalized spacial score (nSPS) is 15.1. The summed E-state index contributed by atoms with van der Waals surface area (Å²) in [5.74, 6) is -4.42. The maximum Gasteiger partial charge on any atom is 0.404 e. The highest BCUT2D eigenvalue weighted by atomic mass is 19.4. The average molecular weight is 262 g/mol. The lowest BCUT2D eigenvalue weighted by molar-refractivity contribution is -0.205. The summed E-state index contributed by atoms with van der Waals surface area (Å²) < 4.78 is 42.1. The molecule has 2 atom stereocenters. The van der Waals surface area contributed by atoms with Crippen molar-refractivity contribution in [2.75, 3.05) is 6.61 Å². The first-order chi connectivity index (χ1) is 8.32. The van der Waals surface area contributed by atoms with E-state index in [1.165, 1.54) is 0 Å². The zero-order valence-corrected chi connectivity index (χ0v) is 9.65. The van der Waals surface area contributed by atoms with Crippen LogP contribution in [0.5, 0.6) is 0 Å². The maximum absolute atomic E-state index is 12.4. The quantitative estimate of drug-likeness (QED) is 0.887. The Hall–Kier alpha value is -1.56. The second-order valence-electron chi connectivity index (χ2n) is 3.82. The number of carboxylic acid groups (broad SMARTS) is 1. The predicted octanol–water partition coefficient (Wildman–Crippen LogP) is 3.03. The molecule has 1 aromatic rings. The lowest BCUT2D eigenvalue weighted by Gasteiger charge is -2.19. The predicted molar refractivity (Wildman–Crippen MR) is 58.0 cm³/mol. The molecule has 18 heavy (non-hydrogen) atoms. The van der Waals surface area contributed by atoms with Gasteiger partial charge in [-0.2, -0.15) is 13.2 Å². The SMILES string of the molecule is CC(OCC(C(=O)O)C(F)(F)F)c1ccccc1. The molecule has 0 heterocycles. The van der Waals surface area contributed by atoms with Crippen molar-refractivity contribution in [3.05, 3.63) is 35.9 Å². The smallest absolute Gasteiger partial charge is 0.404 e. The van der Waals surface area contributed by atoms with Crippen LogP contribution < -0.4 is 0 Å². The fourth-order valence-corrected chi connectivity index (χ4v) is 1.37. The Morgan fingerprint density at radius 3 is 2.33 bits per heavy atom. The lowest BCUT2D eigenvalue weighted by Crippen LogP contribution is -2.34. The molecule has 2 unspecified atom stereocenters. The van der Waals surface area contributed by atoms with Gasteiger partial charge in [-0.25, -0.2) is 0 Å². The molecule has 100 valence electrons. The van der Waals surface area contributed by atoms with Crippen LogP contribution in [0.2, 0.25) is 0 Å². The Kier molecular flexibility index (Phi) is 4.72. The van der Waals surface area contributed by atoms with Crippen LogP contribution in [0.25, 0.3) is 0 Å². The summed E-state index contributed by atoms with van der Waals surface area (Å²) in [6.07, 6.45) is -5.39. The zero-order valence-electron chi connectivity index (χ0n) is 9.65. The van der Waals surface area contributed by atoms with Crippen LogP contribution in [-0.2, 0) is 9.53 Å². The molecular weight excluding hydrogens is 249 g/mol. The van der Waals surface area contributed by atoms with Gasteiger partial charge in [-0.15, -0.1) is 0 Å². The van der Waals surface area contributed by atoms with E-state index in [2.05, 4.69) is 0 Å². The third-order valence-electron chi connectivity index (χ3n) is 2.48. The molecule has 0 saturated carbocycles. The van der Waals surface area contributed by atoms with Crippen LogP contribution in [0.15, 0.2) is 30.3 Å². The van der Waals surface area contributed by atoms with Gasteiger partial charge < -0.3 is 9.84 Å². The fraction of sp³-hybridized carbons (Fsp3) is 0.417. The van der Waals surface area contributed by atoms with E-state index in [1.807, 2.05) is 0 Å². The van der Waals surface area contributed by atoms with Crippen molar-refractivity contribution < 1.29 is 27.8 Å².